The van der Waals surface area contributed by atoms with Crippen LogP contribution in [0.15, 0.2) is 0 Å². The molecule has 10 rings (SSSR count). The van der Waals surface area contributed by atoms with Gasteiger partial charge in [-0.2, -0.15) is 0 Å². The number of ether oxygens (including phenoxy) is 19. The van der Waals surface area contributed by atoms with Crippen LogP contribution in [0.4, 0.5) is 0 Å². The van der Waals surface area contributed by atoms with Gasteiger partial charge in [0.25, 0.3) is 0 Å². The number of nitrogens with one attached hydrogen (secondary N) is 6. The molecule has 6 amide bonds. The fourth-order valence-corrected chi connectivity index (χ4v) is 16.5. The second-order valence-corrected chi connectivity index (χ2v) is 32.5. The Morgan fingerprint density at radius 2 is 0.492 bits per heavy atom. The van der Waals surface area contributed by atoms with Crippen molar-refractivity contribution in [1.82, 2.24) is 31.9 Å². The third kappa shape index (κ3) is 23.9. The lowest BCUT2D eigenvalue weighted by atomic mass is 9.93. The highest BCUT2D eigenvalue weighted by Gasteiger charge is 2.62. The molecule has 0 aromatic carbocycles. The standard InChI is InChI=1S/C72H120N6O50/c1-17-39(91)52(104)55(107)69(113-17)111-16-32-59(49(101)33(63(109)114-32)73-18(2)85)124-67-37(77-22(6)89)51(103)58(29(13-84)119-67)125-70-56(108)60(126-72-62(53(105)43(95)27(11-82)118-72)128-68-38(78-23(7)90)50(102)57(28(12-83)120-68)123-65-35(75-20(4)87)47(99)41(93)25(9-80)116-65)45(97)31(121-70)15-112-71-61(127-66-36(76-21(5)88)48(100)42(94)26(10-81)117-66)54(106)44(96)30(122-71)14-110-64-34(74-19(3)86)46(98)40(92)24(8-79)115-64/h17,24-72,79-84,91-109H,8-16H2,1-7H3,(H,73,85)(H,74,86)(H,75,87)(H,76,88)(H,77,89)(H,78,90)/t17-,24+,25+,26+,27+,28+,29+,30+,31+,32+,33+,34+,35+,36+,37+,38+,39+,40+,41-,42+,43+,44+,45+,46+,47+,48+,49+,50+,51+,52+,53-,54-,55-,56-,57+,58+,59+,60-,61-,62-,63?,64+,65-,66-,67-,68-,69+,70-,71-,72+/m0/s1. The highest BCUT2D eigenvalue weighted by molar-refractivity contribution is 5.75. The highest BCUT2D eigenvalue weighted by atomic mass is 16.8. The summed E-state index contributed by atoms with van der Waals surface area (Å²) in [5, 5.41) is 297. The lowest BCUT2D eigenvalue weighted by Crippen LogP contribution is -2.71. The first-order chi connectivity index (χ1) is 60.4. The molecule has 0 saturated carbocycles. The van der Waals surface area contributed by atoms with Crippen LogP contribution in [0.5, 0.6) is 0 Å². The number of hydrogen-bond donors (Lipinski definition) is 31. The van der Waals surface area contributed by atoms with E-state index in [0.717, 1.165) is 41.5 Å². The van der Waals surface area contributed by atoms with Gasteiger partial charge in [-0.3, -0.25) is 28.8 Å². The van der Waals surface area contributed by atoms with Crippen molar-refractivity contribution < 1.29 is 246 Å². The Morgan fingerprint density at radius 1 is 0.219 bits per heavy atom. The molecule has 10 saturated heterocycles. The molecule has 10 aliphatic heterocycles. The number of carbonyl (C=O) groups is 6. The molecule has 0 aromatic rings. The number of amides is 6. The Kier molecular flexibility index (Phi) is 37.8. The Balaban J connectivity index is 1.02. The van der Waals surface area contributed by atoms with Crippen LogP contribution in [0.1, 0.15) is 48.5 Å². The molecular weight excluding hydrogens is 1750 g/mol. The van der Waals surface area contributed by atoms with E-state index in [9.17, 15) is 156 Å². The molecule has 0 bridgehead atoms. The van der Waals surface area contributed by atoms with E-state index in [0.29, 0.717) is 0 Å². The minimum Gasteiger partial charge on any atom is -0.394 e. The summed E-state index contributed by atoms with van der Waals surface area (Å²) in [7, 11) is 0. The van der Waals surface area contributed by atoms with Crippen LogP contribution < -0.4 is 31.9 Å². The molecule has 10 aliphatic rings. The van der Waals surface area contributed by atoms with E-state index in [4.69, 9.17) is 90.0 Å². The van der Waals surface area contributed by atoms with E-state index in [-0.39, 0.29) is 0 Å². The van der Waals surface area contributed by atoms with E-state index < -0.39 is 402 Å². The zero-order chi connectivity index (χ0) is 94.4. The maximum Gasteiger partial charge on any atom is 0.217 e. The van der Waals surface area contributed by atoms with E-state index in [1.807, 2.05) is 0 Å². The molecule has 0 spiro atoms. The molecule has 31 N–H and O–H groups in total. The first-order valence-corrected chi connectivity index (χ1v) is 41.0. The maximum absolute atomic E-state index is 13.4. The van der Waals surface area contributed by atoms with Crippen molar-refractivity contribution in [1.29, 1.82) is 0 Å². The second kappa shape index (κ2) is 46.1. The molecule has 0 radical (unpaired) electrons. The quantitative estimate of drug-likeness (QED) is 0.0290. The van der Waals surface area contributed by atoms with E-state index >= 15 is 0 Å². The fraction of sp³-hybridized carbons (Fsp3) is 0.917. The van der Waals surface area contributed by atoms with Crippen LogP contribution in [0.2, 0.25) is 0 Å². The topological polar surface area (TPSA) is 856 Å². The highest BCUT2D eigenvalue weighted by Crippen LogP contribution is 2.41. The Bertz CT molecular complexity index is 3550. The van der Waals surface area contributed by atoms with Crippen molar-refractivity contribution in [3.63, 3.8) is 0 Å². The predicted molar refractivity (Wildman–Crippen MR) is 398 cm³/mol. The van der Waals surface area contributed by atoms with E-state index in [2.05, 4.69) is 31.9 Å². The van der Waals surface area contributed by atoms with Crippen molar-refractivity contribution in [3.05, 3.63) is 0 Å². The number of hydrogen-bond acceptors (Lipinski definition) is 50. The van der Waals surface area contributed by atoms with Crippen molar-refractivity contribution >= 4 is 35.4 Å². The number of aliphatic hydroxyl groups excluding tert-OH is 25. The van der Waals surface area contributed by atoms with Gasteiger partial charge in [0.1, 0.15) is 238 Å². The smallest absolute Gasteiger partial charge is 0.217 e. The van der Waals surface area contributed by atoms with Gasteiger partial charge in [0.05, 0.1) is 65.6 Å². The van der Waals surface area contributed by atoms with Crippen molar-refractivity contribution in [2.45, 2.75) is 355 Å². The van der Waals surface area contributed by atoms with Crippen LogP contribution in [-0.4, -0.2) is 529 Å². The molecule has 56 heteroatoms. The first kappa shape index (κ1) is 105. The van der Waals surface area contributed by atoms with Gasteiger partial charge in [0.15, 0.2) is 62.9 Å². The summed E-state index contributed by atoms with van der Waals surface area (Å²) in [6, 6.07) is -11.0. The van der Waals surface area contributed by atoms with Gasteiger partial charge < -0.3 is 250 Å². The molecule has 1 unspecified atom stereocenters. The van der Waals surface area contributed by atoms with Gasteiger partial charge in [-0.05, 0) is 6.92 Å². The zero-order valence-electron chi connectivity index (χ0n) is 69.6. The molecule has 0 aliphatic carbocycles. The summed E-state index contributed by atoms with van der Waals surface area (Å²) >= 11 is 0. The molecule has 10 fully saturated rings. The van der Waals surface area contributed by atoms with E-state index in [1.54, 1.807) is 0 Å². The van der Waals surface area contributed by atoms with Crippen molar-refractivity contribution in [2.75, 3.05) is 59.5 Å². The average Bonchev–Trinajstić information content (AvgIpc) is 0.762. The molecule has 10 heterocycles. The Hall–Kier alpha value is -4.94. The van der Waals surface area contributed by atoms with Crippen molar-refractivity contribution in [3.8, 4) is 0 Å². The van der Waals surface area contributed by atoms with Crippen LogP contribution in [0.3, 0.4) is 0 Å². The van der Waals surface area contributed by atoms with Gasteiger partial charge >= 0.3 is 0 Å². The van der Waals surface area contributed by atoms with Gasteiger partial charge in [-0.15, -0.1) is 0 Å². The normalized spacial score (nSPS) is 47.8. The third-order valence-electron chi connectivity index (χ3n) is 23.2. The fourth-order valence-electron chi connectivity index (χ4n) is 16.5. The predicted octanol–water partition coefficient (Wildman–Crippen LogP) is -20.9. The zero-order valence-corrected chi connectivity index (χ0v) is 69.6. The lowest BCUT2D eigenvalue weighted by molar-refractivity contribution is -0.398. The van der Waals surface area contributed by atoms with Crippen LogP contribution in [0.25, 0.3) is 0 Å². The Labute approximate surface area is 726 Å². The van der Waals surface area contributed by atoms with Gasteiger partial charge in [-0.25, -0.2) is 0 Å². The summed E-state index contributed by atoms with van der Waals surface area (Å²) in [6.45, 7) is -2.74. The summed E-state index contributed by atoms with van der Waals surface area (Å²) in [4.78, 5) is 76.6. The minimum absolute atomic E-state index is 0.817. The number of rotatable bonds is 33. The van der Waals surface area contributed by atoms with Crippen LogP contribution in [-0.2, 0) is 119 Å². The summed E-state index contributed by atoms with van der Waals surface area (Å²) in [5.41, 5.74) is 0. The number of carbonyl (C=O) groups excluding carboxylic acids is 6. The van der Waals surface area contributed by atoms with Crippen LogP contribution in [0, 0.1) is 0 Å². The van der Waals surface area contributed by atoms with Gasteiger partial charge in [0.2, 0.25) is 35.4 Å². The summed E-state index contributed by atoms with van der Waals surface area (Å²) in [6.07, 6.45) is -91.4. The van der Waals surface area contributed by atoms with Crippen molar-refractivity contribution in [2.24, 2.45) is 0 Å². The lowest BCUT2D eigenvalue weighted by Gasteiger charge is -2.51. The van der Waals surface area contributed by atoms with Gasteiger partial charge in [-0.1, -0.05) is 0 Å². The molecule has 128 heavy (non-hydrogen) atoms. The maximum atomic E-state index is 13.4. The summed E-state index contributed by atoms with van der Waals surface area (Å²) in [5.74, 6) is -5.40. The average molecular weight is 1870 g/mol. The van der Waals surface area contributed by atoms with Gasteiger partial charge in [0, 0.05) is 41.5 Å². The molecule has 738 valence electrons. The summed E-state index contributed by atoms with van der Waals surface area (Å²) < 4.78 is 114. The molecule has 0 aromatic heterocycles. The minimum atomic E-state index is -2.66. The largest absolute Gasteiger partial charge is 0.394 e. The monoisotopic (exact) mass is 1870 g/mol. The Morgan fingerprint density at radius 3 is 0.906 bits per heavy atom. The van der Waals surface area contributed by atoms with E-state index in [1.165, 1.54) is 6.92 Å². The number of aliphatic hydroxyl groups is 25. The third-order valence-corrected chi connectivity index (χ3v) is 23.2. The van der Waals surface area contributed by atoms with Crippen LogP contribution >= 0.6 is 0 Å². The molecule has 50 atom stereocenters. The molecular formula is C72H120N6O50. The SMILES string of the molecule is CC(=O)N[C@H]1[C@H](O[C@H]2[C@H](O)[C@@H](NC(C)=O)C(O)O[C@@H]2CO[C@@H]2O[C@@H](C)[C@@H](O)[C@@H](O)[C@@H]2O)O[C@H](CO)[C@@H](O[C@@H]2O[C@H](CO[C@H]3O[C@H](CO[C@@H]4O[C@H](CO)[C@@H](O)[C@H](O)[C@H]4NC(C)=O)[C@@H](O)[C@H](O)[C@@H]3O[C@@H]3O[C@H](CO)[C@@H](O)[C@H](O)[C@H]3NC(C)=O)[C@@H](O)[C@H](O[C@H]3O[C@H](CO)[C@@H](O)[C@H](O)[C@@H]3O[C@@H]3O[C@H](CO)[C@@H](O[C@@H]4O[C@H](CO)[C@H](O)[C@H](O)[C@H]4NC(C)=O)[C@H](O)[C@H]3NC(C)=O)[C@@H]2O)[C@@H]1O. The first-order valence-electron chi connectivity index (χ1n) is 41.0. The second-order valence-electron chi connectivity index (χ2n) is 32.5. The molecule has 56 nitrogen and oxygen atoms in total.